The third-order valence-corrected chi connectivity index (χ3v) is 5.23. The quantitative estimate of drug-likeness (QED) is 0.660. The molecule has 1 aromatic heterocycles. The molecule has 4 rings (SSSR count). The van der Waals surface area contributed by atoms with Crippen molar-refractivity contribution in [2.45, 2.75) is 0 Å². The number of hydrogen-bond acceptors (Lipinski definition) is 4. The zero-order valence-corrected chi connectivity index (χ0v) is 16.8. The molecule has 1 saturated heterocycles. The minimum absolute atomic E-state index is 0.107. The average molecular weight is 412 g/mol. The van der Waals surface area contributed by atoms with Crippen molar-refractivity contribution in [3.05, 3.63) is 65.9 Å². The molecule has 156 valence electrons. The zero-order valence-electron chi connectivity index (χ0n) is 16.8. The molecule has 1 aliphatic rings. The number of benzene rings is 2. The van der Waals surface area contributed by atoms with Crippen molar-refractivity contribution in [1.29, 1.82) is 0 Å². The summed E-state index contributed by atoms with van der Waals surface area (Å²) >= 11 is 0. The molecule has 0 saturated carbocycles. The lowest BCUT2D eigenvalue weighted by molar-refractivity contribution is 0.0747. The van der Waals surface area contributed by atoms with Crippen LogP contribution in [0.25, 0.3) is 11.3 Å². The fraction of sp³-hybridized carbons (Fsp3) is 0.273. The van der Waals surface area contributed by atoms with Gasteiger partial charge in [-0.15, -0.1) is 0 Å². The molecule has 0 aliphatic carbocycles. The third-order valence-electron chi connectivity index (χ3n) is 5.23. The van der Waals surface area contributed by atoms with Crippen molar-refractivity contribution < 1.29 is 18.3 Å². The predicted octanol–water partition coefficient (Wildman–Crippen LogP) is 3.34. The van der Waals surface area contributed by atoms with Crippen LogP contribution in [0.5, 0.6) is 5.75 Å². The molecular weight excluding hydrogens is 390 g/mol. The van der Waals surface area contributed by atoms with Gasteiger partial charge < -0.3 is 14.5 Å². The molecule has 0 radical (unpaired) electrons. The summed E-state index contributed by atoms with van der Waals surface area (Å²) in [7, 11) is 3.30. The number of halogens is 2. The van der Waals surface area contributed by atoms with Crippen LogP contribution in [0.2, 0.25) is 0 Å². The molecule has 3 aromatic rings. The zero-order chi connectivity index (χ0) is 21.3. The second kappa shape index (κ2) is 8.14. The average Bonchev–Trinajstić information content (AvgIpc) is 3.14. The molecule has 30 heavy (non-hydrogen) atoms. The summed E-state index contributed by atoms with van der Waals surface area (Å²) in [6, 6.07) is 11.1. The van der Waals surface area contributed by atoms with E-state index >= 15 is 0 Å². The van der Waals surface area contributed by atoms with Crippen molar-refractivity contribution >= 4 is 11.6 Å². The van der Waals surface area contributed by atoms with E-state index in [-0.39, 0.29) is 17.2 Å². The number of aryl methyl sites for hydroxylation is 1. The summed E-state index contributed by atoms with van der Waals surface area (Å²) in [6.45, 7) is 2.38. The second-order valence-electron chi connectivity index (χ2n) is 7.17. The van der Waals surface area contributed by atoms with Crippen molar-refractivity contribution in [3.8, 4) is 17.0 Å². The number of hydrogen-bond donors (Lipinski definition) is 0. The molecule has 1 amide bonds. The Balaban J connectivity index is 1.52. The summed E-state index contributed by atoms with van der Waals surface area (Å²) in [6.07, 6.45) is 1.58. The highest BCUT2D eigenvalue weighted by atomic mass is 19.1. The highest BCUT2D eigenvalue weighted by Crippen LogP contribution is 2.27. The van der Waals surface area contributed by atoms with Gasteiger partial charge in [-0.2, -0.15) is 5.10 Å². The van der Waals surface area contributed by atoms with E-state index in [2.05, 4.69) is 10.00 Å². The first-order valence-electron chi connectivity index (χ1n) is 9.63. The fourth-order valence-electron chi connectivity index (χ4n) is 3.67. The molecule has 2 heterocycles. The Hall–Kier alpha value is -3.42. The van der Waals surface area contributed by atoms with Crippen LogP contribution < -0.4 is 9.64 Å². The van der Waals surface area contributed by atoms with E-state index in [1.54, 1.807) is 25.3 Å². The van der Waals surface area contributed by atoms with E-state index in [4.69, 9.17) is 4.74 Å². The van der Waals surface area contributed by atoms with Gasteiger partial charge in [0, 0.05) is 62.8 Å². The molecule has 0 spiro atoms. The van der Waals surface area contributed by atoms with Crippen molar-refractivity contribution in [2.75, 3.05) is 38.2 Å². The first-order valence-corrected chi connectivity index (χ1v) is 9.63. The van der Waals surface area contributed by atoms with Crippen LogP contribution in [-0.4, -0.2) is 53.9 Å². The number of ether oxygens (including phenoxy) is 1. The summed E-state index contributed by atoms with van der Waals surface area (Å²) in [5, 5.41) is 4.25. The lowest BCUT2D eigenvalue weighted by Crippen LogP contribution is -2.48. The second-order valence-corrected chi connectivity index (χ2v) is 7.17. The number of nitrogens with zero attached hydrogens (tertiary/aromatic N) is 4. The first kappa shape index (κ1) is 19.9. The molecule has 1 fully saturated rings. The van der Waals surface area contributed by atoms with Crippen molar-refractivity contribution in [2.24, 2.45) is 7.05 Å². The summed E-state index contributed by atoms with van der Waals surface area (Å²) < 4.78 is 34.3. The molecule has 0 unspecified atom stereocenters. The Morgan fingerprint density at radius 1 is 1.07 bits per heavy atom. The lowest BCUT2D eigenvalue weighted by Gasteiger charge is -2.36. The van der Waals surface area contributed by atoms with E-state index in [0.717, 1.165) is 23.6 Å². The van der Waals surface area contributed by atoms with Gasteiger partial charge in [0.05, 0.1) is 12.7 Å². The van der Waals surface area contributed by atoms with Crippen molar-refractivity contribution in [1.82, 2.24) is 14.7 Å². The summed E-state index contributed by atoms with van der Waals surface area (Å²) in [5.74, 6) is -0.848. The van der Waals surface area contributed by atoms with Gasteiger partial charge in [-0.05, 0) is 24.3 Å². The van der Waals surface area contributed by atoms with Gasteiger partial charge in [0.1, 0.15) is 23.1 Å². The standard InChI is InChI=1S/C22H22F2N4O2/c1-26-14-19(21(25-26)18-7-6-15(23)12-20(18)24)22(29)28-10-8-27(9-11-28)16-4-3-5-17(13-16)30-2/h3-7,12-14H,8-11H2,1-2H3. The molecule has 2 aromatic carbocycles. The van der Waals surface area contributed by atoms with E-state index < -0.39 is 11.6 Å². The number of anilines is 1. The lowest BCUT2D eigenvalue weighted by atomic mass is 10.1. The number of piperazine rings is 1. The SMILES string of the molecule is COc1cccc(N2CCN(C(=O)c3cn(C)nc3-c3ccc(F)cc3F)CC2)c1. The molecular formula is C22H22F2N4O2. The fourth-order valence-corrected chi connectivity index (χ4v) is 3.67. The Labute approximate surface area is 173 Å². The number of aromatic nitrogens is 2. The molecule has 0 N–H and O–H groups in total. The number of methoxy groups -OCH3 is 1. The minimum Gasteiger partial charge on any atom is -0.497 e. The van der Waals surface area contributed by atoms with Gasteiger partial charge in [0.15, 0.2) is 0 Å². The highest BCUT2D eigenvalue weighted by Gasteiger charge is 2.27. The van der Waals surface area contributed by atoms with Gasteiger partial charge in [0.2, 0.25) is 0 Å². The number of rotatable bonds is 4. The molecule has 8 heteroatoms. The minimum atomic E-state index is -0.745. The maximum Gasteiger partial charge on any atom is 0.257 e. The Morgan fingerprint density at radius 2 is 1.83 bits per heavy atom. The molecule has 6 nitrogen and oxygen atoms in total. The maximum atomic E-state index is 14.3. The summed E-state index contributed by atoms with van der Waals surface area (Å²) in [5.41, 5.74) is 1.67. The normalized spacial score (nSPS) is 14.1. The topological polar surface area (TPSA) is 50.6 Å². The van der Waals surface area contributed by atoms with Gasteiger partial charge in [-0.3, -0.25) is 9.48 Å². The Morgan fingerprint density at radius 3 is 2.53 bits per heavy atom. The number of carbonyl (C=O) groups is 1. The van der Waals surface area contributed by atoms with Crippen LogP contribution >= 0.6 is 0 Å². The van der Waals surface area contributed by atoms with Gasteiger partial charge in [-0.1, -0.05) is 6.07 Å². The molecule has 1 aliphatic heterocycles. The monoisotopic (exact) mass is 412 g/mol. The Bertz CT molecular complexity index is 1070. The molecule has 0 bridgehead atoms. The highest BCUT2D eigenvalue weighted by molar-refractivity contribution is 6.00. The smallest absolute Gasteiger partial charge is 0.257 e. The first-order chi connectivity index (χ1) is 14.5. The van der Waals surface area contributed by atoms with E-state index in [1.165, 1.54) is 10.7 Å². The van der Waals surface area contributed by atoms with Crippen LogP contribution in [0.15, 0.2) is 48.7 Å². The summed E-state index contributed by atoms with van der Waals surface area (Å²) in [4.78, 5) is 17.1. The third kappa shape index (κ3) is 3.85. The Kier molecular flexibility index (Phi) is 5.39. The van der Waals surface area contributed by atoms with E-state index in [1.807, 2.05) is 24.3 Å². The van der Waals surface area contributed by atoms with Gasteiger partial charge in [-0.25, -0.2) is 8.78 Å². The van der Waals surface area contributed by atoms with E-state index in [9.17, 15) is 13.6 Å². The van der Waals surface area contributed by atoms with Crippen molar-refractivity contribution in [3.63, 3.8) is 0 Å². The van der Waals surface area contributed by atoms with Crippen LogP contribution in [0.3, 0.4) is 0 Å². The van der Waals surface area contributed by atoms with E-state index in [0.29, 0.717) is 31.7 Å². The predicted molar refractivity (Wildman–Crippen MR) is 110 cm³/mol. The van der Waals surface area contributed by atoms with Gasteiger partial charge in [0.25, 0.3) is 5.91 Å². The maximum absolute atomic E-state index is 14.3. The van der Waals surface area contributed by atoms with Gasteiger partial charge >= 0.3 is 0 Å². The largest absolute Gasteiger partial charge is 0.497 e. The number of amides is 1. The molecule has 0 atom stereocenters. The van der Waals surface area contributed by atoms with Crippen LogP contribution in [0.4, 0.5) is 14.5 Å². The van der Waals surface area contributed by atoms with Crippen LogP contribution in [0, 0.1) is 11.6 Å². The van der Waals surface area contributed by atoms with Crippen LogP contribution in [-0.2, 0) is 7.05 Å². The van der Waals surface area contributed by atoms with Crippen LogP contribution in [0.1, 0.15) is 10.4 Å². The number of carbonyl (C=O) groups excluding carboxylic acids is 1.